The van der Waals surface area contributed by atoms with Crippen LogP contribution >= 0.6 is 0 Å². The Morgan fingerprint density at radius 1 is 0.771 bits per heavy atom. The van der Waals surface area contributed by atoms with Gasteiger partial charge in [-0.05, 0) is 22.2 Å². The highest BCUT2D eigenvalue weighted by Gasteiger charge is 2.46. The predicted octanol–water partition coefficient (Wildman–Crippen LogP) is 4.77. The molecule has 0 bridgehead atoms. The Morgan fingerprint density at radius 3 is 1.83 bits per heavy atom. The first kappa shape index (κ1) is 24.9. The zero-order valence-corrected chi connectivity index (χ0v) is 19.3. The summed E-state index contributed by atoms with van der Waals surface area (Å²) in [5.41, 5.74) is 12.1. The molecule has 0 aromatic heterocycles. The van der Waals surface area contributed by atoms with E-state index in [2.05, 4.69) is 10.0 Å². The fraction of sp³-hybridized carbons (Fsp3) is 0.333. The topological polar surface area (TPSA) is 106 Å². The number of nitrogens with zero attached hydrogens (tertiary/aromatic N) is 3. The van der Waals surface area contributed by atoms with Gasteiger partial charge in [0.2, 0.25) is 0 Å². The second kappa shape index (κ2) is 13.0. The molecule has 35 heavy (non-hydrogen) atoms. The van der Waals surface area contributed by atoms with Crippen molar-refractivity contribution in [2.75, 3.05) is 6.61 Å². The van der Waals surface area contributed by atoms with Gasteiger partial charge in [0, 0.05) is 4.91 Å². The molecule has 1 heterocycles. The van der Waals surface area contributed by atoms with E-state index in [0.717, 1.165) is 16.7 Å². The van der Waals surface area contributed by atoms with Crippen LogP contribution < -0.4 is 0 Å². The molecule has 0 amide bonds. The minimum Gasteiger partial charge on any atom is -0.388 e. The van der Waals surface area contributed by atoms with Gasteiger partial charge in [0.15, 0.2) is 6.29 Å². The molecule has 3 aromatic rings. The number of aliphatic hydroxyl groups excluding tert-OH is 1. The lowest BCUT2D eigenvalue weighted by Gasteiger charge is -2.42. The Kier molecular flexibility index (Phi) is 9.25. The van der Waals surface area contributed by atoms with Crippen LogP contribution in [0.3, 0.4) is 0 Å². The smallest absolute Gasteiger partial charge is 0.169 e. The van der Waals surface area contributed by atoms with Crippen LogP contribution in [0, 0.1) is 0 Å². The van der Waals surface area contributed by atoms with Crippen molar-refractivity contribution in [2.45, 2.75) is 50.5 Å². The van der Waals surface area contributed by atoms with E-state index in [0.29, 0.717) is 6.61 Å². The van der Waals surface area contributed by atoms with Crippen LogP contribution in [0.2, 0.25) is 0 Å². The summed E-state index contributed by atoms with van der Waals surface area (Å²) in [5, 5.41) is 15.0. The van der Waals surface area contributed by atoms with E-state index in [1.165, 1.54) is 0 Å². The molecule has 1 fully saturated rings. The van der Waals surface area contributed by atoms with Gasteiger partial charge in [0.05, 0.1) is 32.5 Å². The van der Waals surface area contributed by atoms with Gasteiger partial charge in [-0.3, -0.25) is 0 Å². The average molecular weight is 476 g/mol. The monoisotopic (exact) mass is 475 g/mol. The quantitative estimate of drug-likeness (QED) is 0.244. The lowest BCUT2D eigenvalue weighted by atomic mass is 9.97. The standard InChI is InChI=1S/C27H29N3O5/c28-30-29-24-26(33-17-21-12-6-2-7-13-21)25(31)23(19-32-16-20-10-4-1-5-11-20)35-27(24)34-18-22-14-8-3-9-15-22/h1-15,23-27,31H,16-19H2/t23-,24-,25-,26-,27-/m1/s1. The van der Waals surface area contributed by atoms with E-state index in [4.69, 9.17) is 18.9 Å². The largest absolute Gasteiger partial charge is 0.388 e. The molecule has 0 unspecified atom stereocenters. The Bertz CT molecular complexity index is 1060. The minimum atomic E-state index is -1.08. The fourth-order valence-corrected chi connectivity index (χ4v) is 3.94. The highest BCUT2D eigenvalue weighted by atomic mass is 16.7. The molecule has 1 aliphatic heterocycles. The van der Waals surface area contributed by atoms with Crippen molar-refractivity contribution in [1.82, 2.24) is 0 Å². The normalized spacial score (nSPS) is 24.0. The lowest BCUT2D eigenvalue weighted by Crippen LogP contribution is -2.59. The molecule has 5 atom stereocenters. The summed E-state index contributed by atoms with van der Waals surface area (Å²) in [7, 11) is 0. The fourth-order valence-electron chi connectivity index (χ4n) is 3.94. The first-order chi connectivity index (χ1) is 17.2. The number of ether oxygens (including phenoxy) is 4. The van der Waals surface area contributed by atoms with Crippen molar-refractivity contribution in [3.05, 3.63) is 118 Å². The Morgan fingerprint density at radius 2 is 1.29 bits per heavy atom. The molecule has 0 radical (unpaired) electrons. The highest BCUT2D eigenvalue weighted by Crippen LogP contribution is 2.29. The number of hydrogen-bond acceptors (Lipinski definition) is 6. The molecule has 4 rings (SSSR count). The van der Waals surface area contributed by atoms with Gasteiger partial charge in [-0.25, -0.2) is 0 Å². The molecule has 0 spiro atoms. The second-order valence-corrected chi connectivity index (χ2v) is 8.29. The van der Waals surface area contributed by atoms with E-state index in [9.17, 15) is 10.6 Å². The highest BCUT2D eigenvalue weighted by molar-refractivity contribution is 5.15. The molecule has 0 saturated carbocycles. The molecular formula is C27H29N3O5. The van der Waals surface area contributed by atoms with Gasteiger partial charge in [0.25, 0.3) is 0 Å². The molecule has 0 aliphatic carbocycles. The summed E-state index contributed by atoms with van der Waals surface area (Å²) in [6.45, 7) is 0.985. The van der Waals surface area contributed by atoms with Gasteiger partial charge < -0.3 is 24.1 Å². The molecule has 3 aromatic carbocycles. The number of rotatable bonds is 11. The van der Waals surface area contributed by atoms with Crippen molar-refractivity contribution in [1.29, 1.82) is 0 Å². The molecule has 1 aliphatic rings. The third-order valence-corrected chi connectivity index (χ3v) is 5.76. The van der Waals surface area contributed by atoms with Crippen LogP contribution in [0.1, 0.15) is 16.7 Å². The first-order valence-corrected chi connectivity index (χ1v) is 11.5. The first-order valence-electron chi connectivity index (χ1n) is 11.5. The molecular weight excluding hydrogens is 446 g/mol. The Labute approximate surface area is 204 Å². The average Bonchev–Trinajstić information content (AvgIpc) is 2.91. The van der Waals surface area contributed by atoms with Crippen LogP contribution in [0.25, 0.3) is 10.4 Å². The maximum atomic E-state index is 11.1. The minimum absolute atomic E-state index is 0.120. The molecule has 1 saturated heterocycles. The zero-order chi connectivity index (χ0) is 24.3. The van der Waals surface area contributed by atoms with Crippen molar-refractivity contribution in [3.63, 3.8) is 0 Å². The zero-order valence-electron chi connectivity index (χ0n) is 19.3. The molecule has 182 valence electrons. The van der Waals surface area contributed by atoms with E-state index in [1.807, 2.05) is 91.0 Å². The van der Waals surface area contributed by atoms with Crippen LogP contribution in [0.4, 0.5) is 0 Å². The van der Waals surface area contributed by atoms with Crippen LogP contribution in [0.5, 0.6) is 0 Å². The van der Waals surface area contributed by atoms with Gasteiger partial charge in [0.1, 0.15) is 18.2 Å². The van der Waals surface area contributed by atoms with Gasteiger partial charge in [-0.2, -0.15) is 0 Å². The summed E-state index contributed by atoms with van der Waals surface area (Å²) in [6, 6.07) is 28.1. The third-order valence-electron chi connectivity index (χ3n) is 5.76. The van der Waals surface area contributed by atoms with Crippen LogP contribution in [-0.4, -0.2) is 42.4 Å². The summed E-state index contributed by atoms with van der Waals surface area (Å²) in [5.74, 6) is 0. The van der Waals surface area contributed by atoms with E-state index < -0.39 is 30.6 Å². The van der Waals surface area contributed by atoms with Crippen LogP contribution in [-0.2, 0) is 38.8 Å². The lowest BCUT2D eigenvalue weighted by molar-refractivity contribution is -0.279. The van der Waals surface area contributed by atoms with Crippen molar-refractivity contribution < 1.29 is 24.1 Å². The predicted molar refractivity (Wildman–Crippen MR) is 130 cm³/mol. The third kappa shape index (κ3) is 7.13. The summed E-state index contributed by atoms with van der Waals surface area (Å²) < 4.78 is 24.0. The van der Waals surface area contributed by atoms with E-state index in [-0.39, 0.29) is 19.8 Å². The SMILES string of the molecule is [N-]=[N+]=N[C@H]1[C@H](OCc2ccccc2)O[C@H](COCc2ccccc2)[C@@H](O)[C@@H]1OCc1ccccc1. The summed E-state index contributed by atoms with van der Waals surface area (Å²) in [6.07, 6.45) is -3.57. The number of hydrogen-bond donors (Lipinski definition) is 1. The second-order valence-electron chi connectivity index (χ2n) is 8.29. The molecule has 8 nitrogen and oxygen atoms in total. The maximum Gasteiger partial charge on any atom is 0.169 e. The van der Waals surface area contributed by atoms with Crippen LogP contribution in [0.15, 0.2) is 96.1 Å². The number of benzene rings is 3. The van der Waals surface area contributed by atoms with Crippen molar-refractivity contribution in [3.8, 4) is 0 Å². The number of azide groups is 1. The summed E-state index contributed by atoms with van der Waals surface area (Å²) in [4.78, 5) is 2.97. The Hall–Kier alpha value is -3.23. The van der Waals surface area contributed by atoms with Crippen molar-refractivity contribution >= 4 is 0 Å². The Balaban J connectivity index is 1.48. The van der Waals surface area contributed by atoms with Crippen molar-refractivity contribution in [2.24, 2.45) is 5.11 Å². The number of aliphatic hydroxyl groups is 1. The van der Waals surface area contributed by atoms with E-state index >= 15 is 0 Å². The molecule has 8 heteroatoms. The summed E-state index contributed by atoms with van der Waals surface area (Å²) >= 11 is 0. The van der Waals surface area contributed by atoms with E-state index in [1.54, 1.807) is 0 Å². The molecule has 1 N–H and O–H groups in total. The van der Waals surface area contributed by atoms with Gasteiger partial charge in [-0.15, -0.1) is 0 Å². The van der Waals surface area contributed by atoms with Gasteiger partial charge in [-0.1, -0.05) is 96.1 Å². The van der Waals surface area contributed by atoms with Gasteiger partial charge >= 0.3 is 0 Å². The maximum absolute atomic E-state index is 11.1.